The summed E-state index contributed by atoms with van der Waals surface area (Å²) in [6.45, 7) is 16.6. The Kier molecular flexibility index (Phi) is 8.69. The van der Waals surface area contributed by atoms with Crippen LogP contribution in [0, 0.1) is 13.8 Å². The Morgan fingerprint density at radius 1 is 0.939 bits per heavy atom. The highest BCUT2D eigenvalue weighted by molar-refractivity contribution is 7.22. The van der Waals surface area contributed by atoms with Crippen LogP contribution in [0.2, 0.25) is 0 Å². The fourth-order valence-electron chi connectivity index (χ4n) is 3.74. The zero-order chi connectivity index (χ0) is 24.0. The summed E-state index contributed by atoms with van der Waals surface area (Å²) in [6.07, 6.45) is 0. The molecule has 33 heavy (non-hydrogen) atoms. The van der Waals surface area contributed by atoms with Crippen molar-refractivity contribution in [3.8, 4) is 11.5 Å². The highest BCUT2D eigenvalue weighted by Gasteiger charge is 2.24. The van der Waals surface area contributed by atoms with Gasteiger partial charge in [0.15, 0.2) is 16.6 Å². The number of hydrogen-bond acceptors (Lipinski definition) is 6. The smallest absolute Gasteiger partial charge is 0.260 e. The summed E-state index contributed by atoms with van der Waals surface area (Å²) in [5, 5.41) is 0.725. The van der Waals surface area contributed by atoms with E-state index in [4.69, 9.17) is 14.5 Å². The Hall–Kier alpha value is -2.64. The van der Waals surface area contributed by atoms with Crippen LogP contribution in [0.3, 0.4) is 0 Å². The molecule has 0 atom stereocenters. The predicted molar refractivity (Wildman–Crippen MR) is 137 cm³/mol. The average molecular weight is 470 g/mol. The number of aryl methyl sites for hydroxylation is 2. The first-order chi connectivity index (χ1) is 15.9. The predicted octanol–water partition coefficient (Wildman–Crippen LogP) is 5.70. The zero-order valence-corrected chi connectivity index (χ0v) is 21.4. The molecular weight excluding hydrogens is 434 g/mol. The standard InChI is InChI=1S/C26H35N3O3S/c1-7-28(8-2)15-16-29(26-27-24-19(6)18(5)11-14-23(24)33-26)25(30)20-12-13-21(31-9-3)22(17-20)32-10-4/h11-14,17H,7-10,15-16H2,1-6H3. The van der Waals surface area contributed by atoms with Crippen molar-refractivity contribution in [3.05, 3.63) is 47.0 Å². The molecule has 0 aliphatic rings. The van der Waals surface area contributed by atoms with Crippen LogP contribution in [0.15, 0.2) is 30.3 Å². The lowest BCUT2D eigenvalue weighted by Crippen LogP contribution is -2.38. The van der Waals surface area contributed by atoms with Gasteiger partial charge in [0.2, 0.25) is 0 Å². The van der Waals surface area contributed by atoms with Crippen molar-refractivity contribution in [2.75, 3.05) is 44.3 Å². The van der Waals surface area contributed by atoms with Crippen LogP contribution < -0.4 is 14.4 Å². The zero-order valence-electron chi connectivity index (χ0n) is 20.6. The lowest BCUT2D eigenvalue weighted by molar-refractivity contribution is 0.0983. The van der Waals surface area contributed by atoms with E-state index < -0.39 is 0 Å². The molecule has 0 unspecified atom stereocenters. The summed E-state index contributed by atoms with van der Waals surface area (Å²) in [5.41, 5.74) is 3.89. The van der Waals surface area contributed by atoms with Gasteiger partial charge in [0, 0.05) is 18.7 Å². The Labute approximate surface area is 201 Å². The first-order valence-corrected chi connectivity index (χ1v) is 12.6. The van der Waals surface area contributed by atoms with Crippen LogP contribution in [0.1, 0.15) is 49.2 Å². The third kappa shape index (κ3) is 5.65. The van der Waals surface area contributed by atoms with Gasteiger partial charge in [0.05, 0.1) is 23.4 Å². The summed E-state index contributed by atoms with van der Waals surface area (Å²) in [5.74, 6) is 1.15. The SMILES string of the molecule is CCOc1ccc(C(=O)N(CCN(CC)CC)c2nc3c(C)c(C)ccc3s2)cc1OCC. The molecule has 1 amide bonds. The number of aromatic nitrogens is 1. The largest absolute Gasteiger partial charge is 0.490 e. The van der Waals surface area contributed by atoms with Gasteiger partial charge in [0.1, 0.15) is 0 Å². The molecular formula is C26H35N3O3S. The molecule has 0 bridgehead atoms. The normalized spacial score (nSPS) is 11.2. The van der Waals surface area contributed by atoms with E-state index in [0.29, 0.717) is 36.8 Å². The molecule has 178 valence electrons. The van der Waals surface area contributed by atoms with Gasteiger partial charge >= 0.3 is 0 Å². The summed E-state index contributed by atoms with van der Waals surface area (Å²) in [7, 11) is 0. The molecule has 0 N–H and O–H groups in total. The van der Waals surface area contributed by atoms with E-state index in [1.807, 2.05) is 30.9 Å². The number of hydrogen-bond donors (Lipinski definition) is 0. The molecule has 6 nitrogen and oxygen atoms in total. The molecule has 0 fully saturated rings. The summed E-state index contributed by atoms with van der Waals surface area (Å²) in [6, 6.07) is 9.61. The number of thiazole rings is 1. The molecule has 0 saturated heterocycles. The highest BCUT2D eigenvalue weighted by atomic mass is 32.1. The molecule has 0 aliphatic heterocycles. The Morgan fingerprint density at radius 2 is 1.64 bits per heavy atom. The van der Waals surface area contributed by atoms with Gasteiger partial charge in [-0.1, -0.05) is 31.3 Å². The molecule has 7 heteroatoms. The van der Waals surface area contributed by atoms with Crippen molar-refractivity contribution in [2.24, 2.45) is 0 Å². The number of ether oxygens (including phenoxy) is 2. The molecule has 2 aromatic carbocycles. The van der Waals surface area contributed by atoms with E-state index in [9.17, 15) is 4.79 Å². The molecule has 3 aromatic rings. The van der Waals surface area contributed by atoms with Gasteiger partial charge in [-0.25, -0.2) is 4.98 Å². The highest BCUT2D eigenvalue weighted by Crippen LogP contribution is 2.34. The lowest BCUT2D eigenvalue weighted by Gasteiger charge is -2.25. The number of amides is 1. The molecule has 0 aliphatic carbocycles. The van der Waals surface area contributed by atoms with E-state index in [-0.39, 0.29) is 5.91 Å². The summed E-state index contributed by atoms with van der Waals surface area (Å²) >= 11 is 1.56. The summed E-state index contributed by atoms with van der Waals surface area (Å²) in [4.78, 5) is 22.8. The quantitative estimate of drug-likeness (QED) is 0.361. The maximum Gasteiger partial charge on any atom is 0.260 e. The number of carbonyl (C=O) groups is 1. The minimum atomic E-state index is -0.0837. The Bertz CT molecular complexity index is 1090. The van der Waals surface area contributed by atoms with Crippen molar-refractivity contribution >= 4 is 32.6 Å². The van der Waals surface area contributed by atoms with Gasteiger partial charge < -0.3 is 14.4 Å². The van der Waals surface area contributed by atoms with Crippen LogP contribution in [0.5, 0.6) is 11.5 Å². The second-order valence-corrected chi connectivity index (χ2v) is 8.87. The second-order valence-electron chi connectivity index (χ2n) is 7.86. The van der Waals surface area contributed by atoms with Crippen molar-refractivity contribution in [1.82, 2.24) is 9.88 Å². The molecule has 0 spiro atoms. The number of fused-ring (bicyclic) bond motifs is 1. The van der Waals surface area contributed by atoms with E-state index in [0.717, 1.165) is 40.5 Å². The van der Waals surface area contributed by atoms with Crippen LogP contribution in [-0.2, 0) is 0 Å². The van der Waals surface area contributed by atoms with Crippen molar-refractivity contribution < 1.29 is 14.3 Å². The summed E-state index contributed by atoms with van der Waals surface area (Å²) < 4.78 is 12.5. The number of carbonyl (C=O) groups excluding carboxylic acids is 1. The molecule has 0 radical (unpaired) electrons. The van der Waals surface area contributed by atoms with Gasteiger partial charge in [0.25, 0.3) is 5.91 Å². The van der Waals surface area contributed by atoms with Gasteiger partial charge in [-0.2, -0.15) is 0 Å². The average Bonchev–Trinajstić information content (AvgIpc) is 3.25. The third-order valence-corrected chi connectivity index (χ3v) is 6.92. The van der Waals surface area contributed by atoms with E-state index in [1.54, 1.807) is 17.4 Å². The van der Waals surface area contributed by atoms with Crippen LogP contribution in [0.25, 0.3) is 10.2 Å². The Balaban J connectivity index is 2.01. The van der Waals surface area contributed by atoms with Crippen molar-refractivity contribution in [3.63, 3.8) is 0 Å². The molecule has 0 saturated carbocycles. The minimum absolute atomic E-state index is 0.0837. The molecule has 1 heterocycles. The van der Waals surface area contributed by atoms with Crippen molar-refractivity contribution in [1.29, 1.82) is 0 Å². The van der Waals surface area contributed by atoms with E-state index >= 15 is 0 Å². The van der Waals surface area contributed by atoms with Gasteiger partial charge in [-0.15, -0.1) is 0 Å². The van der Waals surface area contributed by atoms with Crippen LogP contribution in [-0.4, -0.2) is 55.2 Å². The van der Waals surface area contributed by atoms with E-state index in [1.165, 1.54) is 5.56 Å². The molecule has 3 rings (SSSR count). The maximum atomic E-state index is 13.8. The first-order valence-electron chi connectivity index (χ1n) is 11.7. The number of benzene rings is 2. The number of anilines is 1. The first kappa shape index (κ1) is 25.0. The van der Waals surface area contributed by atoms with Crippen LogP contribution in [0.4, 0.5) is 5.13 Å². The third-order valence-electron chi connectivity index (χ3n) is 5.87. The van der Waals surface area contributed by atoms with E-state index in [2.05, 4.69) is 44.7 Å². The number of nitrogens with zero attached hydrogens (tertiary/aromatic N) is 3. The molecule has 1 aromatic heterocycles. The van der Waals surface area contributed by atoms with Gasteiger partial charge in [-0.3, -0.25) is 9.69 Å². The number of rotatable bonds is 11. The second kappa shape index (κ2) is 11.5. The van der Waals surface area contributed by atoms with Crippen molar-refractivity contribution in [2.45, 2.75) is 41.5 Å². The minimum Gasteiger partial charge on any atom is -0.490 e. The van der Waals surface area contributed by atoms with Gasteiger partial charge in [-0.05, 0) is 76.2 Å². The monoisotopic (exact) mass is 469 g/mol. The Morgan fingerprint density at radius 3 is 2.30 bits per heavy atom. The van der Waals surface area contributed by atoms with Crippen LogP contribution >= 0.6 is 11.3 Å². The number of likely N-dealkylation sites (N-methyl/N-ethyl adjacent to an activating group) is 1. The lowest BCUT2D eigenvalue weighted by atomic mass is 10.1. The maximum absolute atomic E-state index is 13.8. The fourth-order valence-corrected chi connectivity index (χ4v) is 4.78. The topological polar surface area (TPSA) is 54.9 Å². The fraction of sp³-hybridized carbons (Fsp3) is 0.462.